The molecule has 1 amide bonds. The summed E-state index contributed by atoms with van der Waals surface area (Å²) < 4.78 is 0. The average molecular weight is 270 g/mol. The first kappa shape index (κ1) is 15.8. The monoisotopic (exact) mass is 270 g/mol. The first-order valence-electron chi connectivity index (χ1n) is 6.85. The van der Waals surface area contributed by atoms with E-state index in [4.69, 9.17) is 10.9 Å². The van der Waals surface area contributed by atoms with Gasteiger partial charge < -0.3 is 20.7 Å². The molecule has 110 valence electrons. The number of hydrogen-bond donors (Lipinski definition) is 2. The van der Waals surface area contributed by atoms with Crippen molar-refractivity contribution in [3.8, 4) is 0 Å². The van der Waals surface area contributed by atoms with E-state index in [-0.39, 0.29) is 23.7 Å². The van der Waals surface area contributed by atoms with Gasteiger partial charge in [-0.1, -0.05) is 19.0 Å². The molecule has 0 radical (unpaired) electrons. The molecular formula is C13H26N4O2. The topological polar surface area (TPSA) is 82.2 Å². The minimum Gasteiger partial charge on any atom is -0.409 e. The van der Waals surface area contributed by atoms with Gasteiger partial charge in [-0.3, -0.25) is 4.79 Å². The van der Waals surface area contributed by atoms with Crippen LogP contribution in [-0.4, -0.2) is 59.5 Å². The van der Waals surface area contributed by atoms with E-state index in [9.17, 15) is 4.79 Å². The predicted octanol–water partition coefficient (Wildman–Crippen LogP) is 0.558. The number of carbonyl (C=O) groups is 1. The minimum atomic E-state index is -0.546. The molecule has 1 aliphatic rings. The molecule has 1 aliphatic heterocycles. The van der Waals surface area contributed by atoms with Gasteiger partial charge in [-0.2, -0.15) is 0 Å². The lowest BCUT2D eigenvalue weighted by Gasteiger charge is -2.32. The highest BCUT2D eigenvalue weighted by Crippen LogP contribution is 2.18. The molecule has 0 aromatic rings. The Bertz CT molecular complexity index is 344. The lowest BCUT2D eigenvalue weighted by Crippen LogP contribution is -2.49. The fourth-order valence-corrected chi connectivity index (χ4v) is 2.69. The van der Waals surface area contributed by atoms with Crippen molar-refractivity contribution < 1.29 is 10.0 Å². The van der Waals surface area contributed by atoms with Crippen LogP contribution in [0.15, 0.2) is 5.16 Å². The summed E-state index contributed by atoms with van der Waals surface area (Å²) in [6, 6.07) is 0.146. The number of hydrogen-bond acceptors (Lipinski definition) is 4. The lowest BCUT2D eigenvalue weighted by molar-refractivity contribution is -0.136. The van der Waals surface area contributed by atoms with Gasteiger partial charge in [-0.25, -0.2) is 0 Å². The van der Waals surface area contributed by atoms with E-state index in [2.05, 4.69) is 17.1 Å². The fraction of sp³-hybridized carbons (Fsp3) is 0.846. The summed E-state index contributed by atoms with van der Waals surface area (Å²) in [7, 11) is 2.06. The molecule has 19 heavy (non-hydrogen) atoms. The Morgan fingerprint density at radius 3 is 2.58 bits per heavy atom. The highest BCUT2D eigenvalue weighted by atomic mass is 16.4. The fourth-order valence-electron chi connectivity index (χ4n) is 2.69. The van der Waals surface area contributed by atoms with E-state index in [1.54, 1.807) is 0 Å². The molecule has 1 rings (SSSR count). The van der Waals surface area contributed by atoms with Gasteiger partial charge in [0, 0.05) is 19.1 Å². The molecule has 6 heteroatoms. The second kappa shape index (κ2) is 6.75. The molecule has 0 aliphatic carbocycles. The summed E-state index contributed by atoms with van der Waals surface area (Å²) in [4.78, 5) is 16.7. The maximum absolute atomic E-state index is 12.6. The van der Waals surface area contributed by atoms with Crippen LogP contribution in [-0.2, 0) is 4.79 Å². The normalized spacial score (nSPS) is 24.4. The molecule has 6 nitrogen and oxygen atoms in total. The summed E-state index contributed by atoms with van der Waals surface area (Å²) in [5.74, 6) is -0.564. The summed E-state index contributed by atoms with van der Waals surface area (Å²) in [6.07, 6.45) is 0.952. The SMILES string of the molecule is CC(C)C(C(=O)N1CCCN(C)CC1C)C(N)=NO. The van der Waals surface area contributed by atoms with Crippen molar-refractivity contribution in [2.75, 3.05) is 26.7 Å². The Kier molecular flexibility index (Phi) is 5.60. The molecule has 0 bridgehead atoms. The van der Waals surface area contributed by atoms with Gasteiger partial charge in [0.1, 0.15) is 5.92 Å². The van der Waals surface area contributed by atoms with Gasteiger partial charge in [-0.05, 0) is 32.9 Å². The number of nitrogens with two attached hydrogens (primary N) is 1. The Morgan fingerprint density at radius 2 is 2.05 bits per heavy atom. The molecule has 0 aromatic carbocycles. The maximum Gasteiger partial charge on any atom is 0.233 e. The first-order chi connectivity index (χ1) is 8.88. The molecule has 2 atom stereocenters. The van der Waals surface area contributed by atoms with Crippen LogP contribution in [0.3, 0.4) is 0 Å². The summed E-state index contributed by atoms with van der Waals surface area (Å²) in [5, 5.41) is 11.9. The van der Waals surface area contributed by atoms with Crippen molar-refractivity contribution in [2.45, 2.75) is 33.2 Å². The molecule has 1 heterocycles. The van der Waals surface area contributed by atoms with Crippen LogP contribution in [0, 0.1) is 11.8 Å². The van der Waals surface area contributed by atoms with Crippen LogP contribution in [0.25, 0.3) is 0 Å². The van der Waals surface area contributed by atoms with E-state index in [0.717, 1.165) is 26.1 Å². The highest BCUT2D eigenvalue weighted by Gasteiger charge is 2.34. The number of amidine groups is 1. The van der Waals surface area contributed by atoms with Crippen molar-refractivity contribution in [1.82, 2.24) is 9.80 Å². The lowest BCUT2D eigenvalue weighted by atomic mass is 9.92. The molecule has 0 spiro atoms. The van der Waals surface area contributed by atoms with E-state index in [1.807, 2.05) is 25.7 Å². The van der Waals surface area contributed by atoms with Crippen LogP contribution in [0.1, 0.15) is 27.2 Å². The van der Waals surface area contributed by atoms with E-state index in [1.165, 1.54) is 0 Å². The van der Waals surface area contributed by atoms with Gasteiger partial charge >= 0.3 is 0 Å². The maximum atomic E-state index is 12.6. The minimum absolute atomic E-state index is 0.00445. The van der Waals surface area contributed by atoms with Gasteiger partial charge in [-0.15, -0.1) is 0 Å². The van der Waals surface area contributed by atoms with Crippen LogP contribution >= 0.6 is 0 Å². The molecule has 2 unspecified atom stereocenters. The highest BCUT2D eigenvalue weighted by molar-refractivity contribution is 6.02. The van der Waals surface area contributed by atoms with E-state index in [0.29, 0.717) is 0 Å². The Balaban J connectivity index is 2.89. The largest absolute Gasteiger partial charge is 0.409 e. The number of amides is 1. The van der Waals surface area contributed by atoms with Crippen molar-refractivity contribution in [3.05, 3.63) is 0 Å². The van der Waals surface area contributed by atoms with Crippen LogP contribution in [0.4, 0.5) is 0 Å². The van der Waals surface area contributed by atoms with Crippen LogP contribution in [0.5, 0.6) is 0 Å². The van der Waals surface area contributed by atoms with Crippen molar-refractivity contribution in [2.24, 2.45) is 22.7 Å². The second-order valence-electron chi connectivity index (χ2n) is 5.74. The summed E-state index contributed by atoms with van der Waals surface area (Å²) in [5.41, 5.74) is 5.68. The van der Waals surface area contributed by atoms with Crippen molar-refractivity contribution in [1.29, 1.82) is 0 Å². The summed E-state index contributed by atoms with van der Waals surface area (Å²) in [6.45, 7) is 8.44. The predicted molar refractivity (Wildman–Crippen MR) is 75.0 cm³/mol. The van der Waals surface area contributed by atoms with Crippen molar-refractivity contribution in [3.63, 3.8) is 0 Å². The third-order valence-electron chi connectivity index (χ3n) is 3.70. The zero-order valence-electron chi connectivity index (χ0n) is 12.3. The number of nitrogens with zero attached hydrogens (tertiary/aromatic N) is 3. The quantitative estimate of drug-likeness (QED) is 0.340. The molecule has 1 fully saturated rings. The van der Waals surface area contributed by atoms with Crippen molar-refractivity contribution >= 4 is 11.7 Å². The van der Waals surface area contributed by atoms with Gasteiger partial charge in [0.2, 0.25) is 5.91 Å². The molecule has 1 saturated heterocycles. The first-order valence-corrected chi connectivity index (χ1v) is 6.85. The third kappa shape index (κ3) is 3.83. The average Bonchev–Trinajstić information content (AvgIpc) is 2.49. The number of likely N-dealkylation sites (N-methyl/N-ethyl adjacent to an activating group) is 1. The standard InChI is InChI=1S/C13H26N4O2/c1-9(2)11(12(14)15-19)13(18)17-7-5-6-16(4)8-10(17)3/h9-11,19H,5-8H2,1-4H3,(H2,14,15). The molecule has 0 aromatic heterocycles. The summed E-state index contributed by atoms with van der Waals surface area (Å²) >= 11 is 0. The van der Waals surface area contributed by atoms with Gasteiger partial charge in [0.05, 0.1) is 0 Å². The second-order valence-corrected chi connectivity index (χ2v) is 5.74. The molecule has 3 N–H and O–H groups in total. The third-order valence-corrected chi connectivity index (χ3v) is 3.70. The smallest absolute Gasteiger partial charge is 0.233 e. The molecule has 0 saturated carbocycles. The van der Waals surface area contributed by atoms with E-state index >= 15 is 0 Å². The number of carbonyl (C=O) groups excluding carboxylic acids is 1. The number of rotatable bonds is 3. The van der Waals surface area contributed by atoms with E-state index < -0.39 is 5.92 Å². The van der Waals surface area contributed by atoms with Crippen LogP contribution in [0.2, 0.25) is 0 Å². The molecular weight excluding hydrogens is 244 g/mol. The number of oxime groups is 1. The Morgan fingerprint density at radius 1 is 1.42 bits per heavy atom. The Hall–Kier alpha value is -1.30. The Labute approximate surface area is 115 Å². The van der Waals surface area contributed by atoms with Gasteiger partial charge in [0.25, 0.3) is 0 Å². The zero-order valence-corrected chi connectivity index (χ0v) is 12.3. The van der Waals surface area contributed by atoms with Gasteiger partial charge in [0.15, 0.2) is 5.84 Å². The van der Waals surface area contributed by atoms with Crippen LogP contribution < -0.4 is 5.73 Å². The zero-order chi connectivity index (χ0) is 14.6.